The average molecular weight is 377 g/mol. The summed E-state index contributed by atoms with van der Waals surface area (Å²) in [6, 6.07) is 18.2. The quantitative estimate of drug-likeness (QED) is 0.827. The zero-order valence-corrected chi connectivity index (χ0v) is 16.3. The molecule has 2 aromatic carbocycles. The van der Waals surface area contributed by atoms with Gasteiger partial charge in [-0.3, -0.25) is 9.59 Å². The molecule has 4 heteroatoms. The first-order valence-corrected chi connectivity index (χ1v) is 10.4. The minimum absolute atomic E-state index is 0.0222. The highest BCUT2D eigenvalue weighted by Crippen LogP contribution is 2.40. The highest BCUT2D eigenvalue weighted by Gasteiger charge is 2.35. The molecule has 2 aliphatic rings. The van der Waals surface area contributed by atoms with Crippen molar-refractivity contribution in [2.75, 3.05) is 13.1 Å². The van der Waals surface area contributed by atoms with E-state index in [4.69, 9.17) is 0 Å². The molecule has 0 unspecified atom stereocenters. The molecule has 1 aliphatic heterocycles. The van der Waals surface area contributed by atoms with Gasteiger partial charge in [0.2, 0.25) is 5.91 Å². The Morgan fingerprint density at radius 1 is 0.964 bits per heavy atom. The number of hydrogen-bond donors (Lipinski definition) is 1. The van der Waals surface area contributed by atoms with E-state index < -0.39 is 0 Å². The molecule has 0 radical (unpaired) electrons. The first-order chi connectivity index (χ1) is 13.7. The van der Waals surface area contributed by atoms with Gasteiger partial charge in [-0.05, 0) is 42.5 Å². The van der Waals surface area contributed by atoms with Crippen LogP contribution in [-0.2, 0) is 16.8 Å². The summed E-state index contributed by atoms with van der Waals surface area (Å²) in [5.41, 5.74) is 3.15. The smallest absolute Gasteiger partial charge is 0.251 e. The van der Waals surface area contributed by atoms with E-state index in [9.17, 15) is 9.59 Å². The third-order valence-electron chi connectivity index (χ3n) is 6.30. The number of carbonyl (C=O) groups is 2. The lowest BCUT2D eigenvalue weighted by molar-refractivity contribution is -0.128. The summed E-state index contributed by atoms with van der Waals surface area (Å²) in [6.45, 7) is 2.15. The van der Waals surface area contributed by atoms with E-state index in [1.165, 1.54) is 18.4 Å². The van der Waals surface area contributed by atoms with Gasteiger partial charge in [0.15, 0.2) is 0 Å². The molecule has 0 atom stereocenters. The molecular weight excluding hydrogens is 348 g/mol. The van der Waals surface area contributed by atoms with Crippen LogP contribution in [0.5, 0.6) is 0 Å². The van der Waals surface area contributed by atoms with Gasteiger partial charge < -0.3 is 10.2 Å². The van der Waals surface area contributed by atoms with E-state index >= 15 is 0 Å². The van der Waals surface area contributed by atoms with Crippen molar-refractivity contribution in [2.45, 2.75) is 50.5 Å². The largest absolute Gasteiger partial charge is 0.351 e. The first kappa shape index (κ1) is 18.7. The Morgan fingerprint density at radius 3 is 2.32 bits per heavy atom. The van der Waals surface area contributed by atoms with Crippen LogP contribution in [0.4, 0.5) is 0 Å². The Labute approximate surface area is 166 Å². The van der Waals surface area contributed by atoms with E-state index in [1.54, 1.807) is 0 Å². The molecular formula is C24H28N2O2. The summed E-state index contributed by atoms with van der Waals surface area (Å²) in [6.07, 6.45) is 6.29. The van der Waals surface area contributed by atoms with Crippen molar-refractivity contribution in [3.05, 3.63) is 71.3 Å². The number of hydrogen-bond acceptors (Lipinski definition) is 2. The Bertz CT molecular complexity index is 823. The summed E-state index contributed by atoms with van der Waals surface area (Å²) in [5, 5.41) is 3.18. The van der Waals surface area contributed by atoms with E-state index in [0.717, 1.165) is 31.4 Å². The van der Waals surface area contributed by atoms with E-state index in [1.807, 2.05) is 35.2 Å². The van der Waals surface area contributed by atoms with Gasteiger partial charge in [-0.25, -0.2) is 0 Å². The van der Waals surface area contributed by atoms with Crippen LogP contribution in [0.3, 0.4) is 0 Å². The van der Waals surface area contributed by atoms with Gasteiger partial charge in [-0.15, -0.1) is 0 Å². The van der Waals surface area contributed by atoms with Gasteiger partial charge in [0.05, 0.1) is 0 Å². The molecule has 28 heavy (non-hydrogen) atoms. The SMILES string of the molecule is O=C(NCC1(c2ccccc2)CCCC1)c1ccc(CN2CCCC2=O)cc1. The van der Waals surface area contributed by atoms with Crippen molar-refractivity contribution in [1.29, 1.82) is 0 Å². The number of benzene rings is 2. The number of carbonyl (C=O) groups excluding carboxylic acids is 2. The molecule has 1 saturated heterocycles. The lowest BCUT2D eigenvalue weighted by Gasteiger charge is -2.30. The standard InChI is InChI=1S/C24H28N2O2/c27-22-9-6-16-26(22)17-19-10-12-20(13-11-19)23(28)25-18-24(14-4-5-15-24)21-7-2-1-3-8-21/h1-3,7-8,10-13H,4-6,9,14-18H2,(H,25,28). The minimum Gasteiger partial charge on any atom is -0.351 e. The average Bonchev–Trinajstić information content (AvgIpc) is 3.38. The number of rotatable bonds is 6. The molecule has 2 aromatic rings. The van der Waals surface area contributed by atoms with E-state index in [0.29, 0.717) is 25.1 Å². The van der Waals surface area contributed by atoms with Crippen LogP contribution in [-0.4, -0.2) is 29.8 Å². The molecule has 4 nitrogen and oxygen atoms in total. The van der Waals surface area contributed by atoms with Crippen LogP contribution < -0.4 is 5.32 Å². The maximum absolute atomic E-state index is 12.7. The second kappa shape index (κ2) is 8.17. The van der Waals surface area contributed by atoms with Crippen molar-refractivity contribution in [3.63, 3.8) is 0 Å². The fourth-order valence-electron chi connectivity index (χ4n) is 4.62. The molecule has 2 amide bonds. The fourth-order valence-corrected chi connectivity index (χ4v) is 4.62. The zero-order chi connectivity index (χ0) is 19.4. The maximum atomic E-state index is 12.7. The van der Waals surface area contributed by atoms with Gasteiger partial charge in [-0.2, -0.15) is 0 Å². The third-order valence-corrected chi connectivity index (χ3v) is 6.30. The Hall–Kier alpha value is -2.62. The molecule has 146 valence electrons. The molecule has 1 saturated carbocycles. The van der Waals surface area contributed by atoms with Crippen LogP contribution in [0.1, 0.15) is 60.0 Å². The predicted octanol–water partition coefficient (Wildman–Crippen LogP) is 4.05. The lowest BCUT2D eigenvalue weighted by Crippen LogP contribution is -2.39. The predicted molar refractivity (Wildman–Crippen MR) is 110 cm³/mol. The maximum Gasteiger partial charge on any atom is 0.251 e. The molecule has 0 aromatic heterocycles. The number of amides is 2. The fraction of sp³-hybridized carbons (Fsp3) is 0.417. The number of nitrogens with zero attached hydrogens (tertiary/aromatic N) is 1. The summed E-state index contributed by atoms with van der Waals surface area (Å²) in [7, 11) is 0. The van der Waals surface area contributed by atoms with Crippen LogP contribution in [0.2, 0.25) is 0 Å². The van der Waals surface area contributed by atoms with Crippen LogP contribution in [0, 0.1) is 0 Å². The highest BCUT2D eigenvalue weighted by atomic mass is 16.2. The number of likely N-dealkylation sites (tertiary alicyclic amines) is 1. The molecule has 1 N–H and O–H groups in total. The lowest BCUT2D eigenvalue weighted by atomic mass is 9.79. The van der Waals surface area contributed by atoms with Crippen molar-refractivity contribution in [1.82, 2.24) is 10.2 Å². The zero-order valence-electron chi connectivity index (χ0n) is 16.3. The topological polar surface area (TPSA) is 49.4 Å². The summed E-state index contributed by atoms with van der Waals surface area (Å²) >= 11 is 0. The second-order valence-electron chi connectivity index (χ2n) is 8.15. The summed E-state index contributed by atoms with van der Waals surface area (Å²) in [4.78, 5) is 26.4. The molecule has 0 bridgehead atoms. The van der Waals surface area contributed by atoms with E-state index in [2.05, 4.69) is 29.6 Å². The summed E-state index contributed by atoms with van der Waals surface area (Å²) in [5.74, 6) is 0.204. The van der Waals surface area contributed by atoms with Crippen molar-refractivity contribution in [2.24, 2.45) is 0 Å². The first-order valence-electron chi connectivity index (χ1n) is 10.4. The Kier molecular flexibility index (Phi) is 5.47. The van der Waals surface area contributed by atoms with Crippen molar-refractivity contribution >= 4 is 11.8 Å². The Balaban J connectivity index is 1.38. The Morgan fingerprint density at radius 2 is 1.68 bits per heavy atom. The number of nitrogens with one attached hydrogen (secondary N) is 1. The van der Waals surface area contributed by atoms with Crippen molar-refractivity contribution < 1.29 is 9.59 Å². The minimum atomic E-state index is -0.0222. The van der Waals surface area contributed by atoms with Gasteiger partial charge in [-0.1, -0.05) is 55.3 Å². The normalized spacial score (nSPS) is 18.4. The van der Waals surface area contributed by atoms with Crippen LogP contribution in [0.25, 0.3) is 0 Å². The molecule has 2 fully saturated rings. The molecule has 1 aliphatic carbocycles. The van der Waals surface area contributed by atoms with E-state index in [-0.39, 0.29) is 17.2 Å². The third kappa shape index (κ3) is 3.96. The van der Waals surface area contributed by atoms with Gasteiger partial charge in [0, 0.05) is 37.0 Å². The van der Waals surface area contributed by atoms with Crippen molar-refractivity contribution in [3.8, 4) is 0 Å². The van der Waals surface area contributed by atoms with Gasteiger partial charge >= 0.3 is 0 Å². The second-order valence-corrected chi connectivity index (χ2v) is 8.15. The van der Waals surface area contributed by atoms with Gasteiger partial charge in [0.25, 0.3) is 5.91 Å². The van der Waals surface area contributed by atoms with Gasteiger partial charge in [0.1, 0.15) is 0 Å². The van der Waals surface area contributed by atoms with Crippen LogP contribution in [0.15, 0.2) is 54.6 Å². The summed E-state index contributed by atoms with van der Waals surface area (Å²) < 4.78 is 0. The monoisotopic (exact) mass is 376 g/mol. The molecule has 0 spiro atoms. The van der Waals surface area contributed by atoms with Crippen LogP contribution >= 0.6 is 0 Å². The molecule has 1 heterocycles. The molecule has 4 rings (SSSR count). The highest BCUT2D eigenvalue weighted by molar-refractivity contribution is 5.94.